The first-order valence-electron chi connectivity index (χ1n) is 9.62. The summed E-state index contributed by atoms with van der Waals surface area (Å²) in [6, 6.07) is 2.77. The molecule has 6 nitrogen and oxygen atoms in total. The number of fused-ring (bicyclic) bond motifs is 1. The highest BCUT2D eigenvalue weighted by molar-refractivity contribution is 5.93. The van der Waals surface area contributed by atoms with Gasteiger partial charge in [0.25, 0.3) is 0 Å². The van der Waals surface area contributed by atoms with Crippen LogP contribution in [0.1, 0.15) is 36.2 Å². The Morgan fingerprint density at radius 1 is 1.32 bits per heavy atom. The SMILES string of the molecule is CCNC[C@@H]1CN(c2cc3c(cc2F)c(=O)c(C(=O)O)cn3C2CC2)C[C@@H]1F. The number of carbonyl (C=O) groups is 1. The van der Waals surface area contributed by atoms with Gasteiger partial charge in [-0.25, -0.2) is 13.6 Å². The maximum Gasteiger partial charge on any atom is 0.341 e. The predicted molar refractivity (Wildman–Crippen MR) is 103 cm³/mol. The Kier molecular flexibility index (Phi) is 4.82. The van der Waals surface area contributed by atoms with Crippen molar-refractivity contribution in [3.05, 3.63) is 39.9 Å². The van der Waals surface area contributed by atoms with Crippen LogP contribution in [0.4, 0.5) is 14.5 Å². The van der Waals surface area contributed by atoms with Gasteiger partial charge in [0, 0.05) is 43.2 Å². The maximum absolute atomic E-state index is 14.9. The number of halogens is 2. The van der Waals surface area contributed by atoms with Crippen LogP contribution >= 0.6 is 0 Å². The summed E-state index contributed by atoms with van der Waals surface area (Å²) in [7, 11) is 0. The molecule has 4 rings (SSSR count). The van der Waals surface area contributed by atoms with Gasteiger partial charge < -0.3 is 19.9 Å². The molecule has 2 fully saturated rings. The summed E-state index contributed by atoms with van der Waals surface area (Å²) in [5, 5.41) is 12.5. The number of nitrogens with zero attached hydrogens (tertiary/aromatic N) is 2. The van der Waals surface area contributed by atoms with E-state index in [-0.39, 0.29) is 35.1 Å². The van der Waals surface area contributed by atoms with Crippen LogP contribution in [0.2, 0.25) is 0 Å². The van der Waals surface area contributed by atoms with Crippen LogP contribution in [0.3, 0.4) is 0 Å². The molecule has 1 aliphatic carbocycles. The number of carboxylic acid groups (broad SMARTS) is 1. The van der Waals surface area contributed by atoms with Gasteiger partial charge in [0.2, 0.25) is 5.43 Å². The van der Waals surface area contributed by atoms with Gasteiger partial charge in [0.1, 0.15) is 17.6 Å². The zero-order valence-electron chi connectivity index (χ0n) is 15.6. The average molecular weight is 391 g/mol. The number of rotatable bonds is 6. The molecule has 1 aliphatic heterocycles. The Morgan fingerprint density at radius 2 is 2.07 bits per heavy atom. The van der Waals surface area contributed by atoms with Crippen LogP contribution < -0.4 is 15.6 Å². The molecule has 8 heteroatoms. The van der Waals surface area contributed by atoms with Gasteiger partial charge in [-0.3, -0.25) is 4.79 Å². The third kappa shape index (κ3) is 3.26. The Morgan fingerprint density at radius 3 is 2.71 bits per heavy atom. The largest absolute Gasteiger partial charge is 0.477 e. The van der Waals surface area contributed by atoms with E-state index in [2.05, 4.69) is 5.32 Å². The minimum atomic E-state index is -1.32. The Balaban J connectivity index is 1.78. The van der Waals surface area contributed by atoms with E-state index in [1.165, 1.54) is 6.20 Å². The van der Waals surface area contributed by atoms with Crippen LogP contribution in [0.15, 0.2) is 23.1 Å². The van der Waals surface area contributed by atoms with E-state index in [1.54, 1.807) is 15.5 Å². The lowest BCUT2D eigenvalue weighted by molar-refractivity contribution is 0.0695. The molecule has 0 bridgehead atoms. The van der Waals surface area contributed by atoms with Crippen molar-refractivity contribution in [1.82, 2.24) is 9.88 Å². The van der Waals surface area contributed by atoms with E-state index in [0.29, 0.717) is 18.6 Å². The number of anilines is 1. The van der Waals surface area contributed by atoms with Crippen molar-refractivity contribution in [3.63, 3.8) is 0 Å². The number of aromatic carboxylic acids is 1. The van der Waals surface area contributed by atoms with E-state index >= 15 is 0 Å². The lowest BCUT2D eigenvalue weighted by Gasteiger charge is -2.21. The maximum atomic E-state index is 14.9. The van der Waals surface area contributed by atoms with Gasteiger partial charge in [0.05, 0.1) is 11.2 Å². The molecular weight excluding hydrogens is 368 g/mol. The van der Waals surface area contributed by atoms with Crippen molar-refractivity contribution in [2.24, 2.45) is 5.92 Å². The number of benzene rings is 1. The first-order valence-corrected chi connectivity index (χ1v) is 9.62. The monoisotopic (exact) mass is 391 g/mol. The first kappa shape index (κ1) is 18.9. The minimum absolute atomic E-state index is 0.0493. The minimum Gasteiger partial charge on any atom is -0.477 e. The third-order valence-electron chi connectivity index (χ3n) is 5.63. The molecule has 2 aromatic rings. The molecular formula is C20H23F2N3O3. The van der Waals surface area contributed by atoms with E-state index in [0.717, 1.165) is 25.5 Å². The zero-order chi connectivity index (χ0) is 20.0. The van der Waals surface area contributed by atoms with Crippen LogP contribution in [0.5, 0.6) is 0 Å². The summed E-state index contributed by atoms with van der Waals surface area (Å²) >= 11 is 0. The van der Waals surface area contributed by atoms with Gasteiger partial charge in [-0.05, 0) is 31.5 Å². The van der Waals surface area contributed by atoms with E-state index in [4.69, 9.17) is 0 Å². The summed E-state index contributed by atoms with van der Waals surface area (Å²) in [4.78, 5) is 25.6. The van der Waals surface area contributed by atoms with E-state index in [9.17, 15) is 23.5 Å². The van der Waals surface area contributed by atoms with Gasteiger partial charge in [0.15, 0.2) is 0 Å². The van der Waals surface area contributed by atoms with Crippen molar-refractivity contribution in [1.29, 1.82) is 0 Å². The summed E-state index contributed by atoms with van der Waals surface area (Å²) in [6.45, 7) is 3.70. The lowest BCUT2D eigenvalue weighted by Crippen LogP contribution is -2.28. The number of hydrogen-bond donors (Lipinski definition) is 2. The number of carboxylic acids is 1. The zero-order valence-corrected chi connectivity index (χ0v) is 15.6. The van der Waals surface area contributed by atoms with Gasteiger partial charge in [-0.2, -0.15) is 0 Å². The summed E-state index contributed by atoms with van der Waals surface area (Å²) in [5.41, 5.74) is -0.299. The quantitative estimate of drug-likeness (QED) is 0.792. The van der Waals surface area contributed by atoms with Crippen molar-refractivity contribution in [2.45, 2.75) is 32.0 Å². The van der Waals surface area contributed by atoms with Crippen molar-refractivity contribution >= 4 is 22.6 Å². The smallest absolute Gasteiger partial charge is 0.341 e. The molecule has 2 atom stereocenters. The highest BCUT2D eigenvalue weighted by Crippen LogP contribution is 2.38. The molecule has 2 heterocycles. The van der Waals surface area contributed by atoms with E-state index in [1.807, 2.05) is 6.92 Å². The Hall–Kier alpha value is -2.48. The molecule has 28 heavy (non-hydrogen) atoms. The second-order valence-corrected chi connectivity index (χ2v) is 7.62. The number of alkyl halides is 1. The number of nitrogens with one attached hydrogen (secondary N) is 1. The number of hydrogen-bond acceptors (Lipinski definition) is 4. The van der Waals surface area contributed by atoms with Crippen molar-refractivity contribution < 1.29 is 18.7 Å². The summed E-state index contributed by atoms with van der Waals surface area (Å²) in [5.74, 6) is -2.18. The first-order chi connectivity index (χ1) is 13.4. The van der Waals surface area contributed by atoms with Crippen molar-refractivity contribution in [2.75, 3.05) is 31.1 Å². The van der Waals surface area contributed by atoms with Crippen LogP contribution in [-0.4, -0.2) is 48.0 Å². The molecule has 1 saturated carbocycles. The molecule has 2 aliphatic rings. The molecule has 1 aromatic heterocycles. The third-order valence-corrected chi connectivity index (χ3v) is 5.63. The fourth-order valence-electron chi connectivity index (χ4n) is 3.96. The molecule has 0 unspecified atom stereocenters. The summed E-state index contributed by atoms with van der Waals surface area (Å²) < 4.78 is 31.0. The van der Waals surface area contributed by atoms with Gasteiger partial charge in [-0.1, -0.05) is 6.92 Å². The van der Waals surface area contributed by atoms with Crippen LogP contribution in [0, 0.1) is 11.7 Å². The second-order valence-electron chi connectivity index (χ2n) is 7.62. The average Bonchev–Trinajstić information content (AvgIpc) is 3.43. The molecule has 1 saturated heterocycles. The molecule has 0 radical (unpaired) electrons. The van der Waals surface area contributed by atoms with Crippen molar-refractivity contribution in [3.8, 4) is 0 Å². The van der Waals surface area contributed by atoms with Gasteiger partial charge >= 0.3 is 5.97 Å². The molecule has 0 spiro atoms. The highest BCUT2D eigenvalue weighted by Gasteiger charge is 2.34. The Labute approximate surface area is 160 Å². The second kappa shape index (κ2) is 7.16. The van der Waals surface area contributed by atoms with Crippen LogP contribution in [0.25, 0.3) is 10.9 Å². The topological polar surface area (TPSA) is 74.6 Å². The lowest BCUT2D eigenvalue weighted by atomic mass is 10.1. The predicted octanol–water partition coefficient (Wildman–Crippen LogP) is 2.56. The molecule has 2 N–H and O–H groups in total. The normalized spacial score (nSPS) is 22.2. The van der Waals surface area contributed by atoms with Gasteiger partial charge in [-0.15, -0.1) is 0 Å². The molecule has 0 amide bonds. The molecule has 1 aromatic carbocycles. The molecule has 150 valence electrons. The summed E-state index contributed by atoms with van der Waals surface area (Å²) in [6.07, 6.45) is 2.05. The fraction of sp³-hybridized carbons (Fsp3) is 0.500. The standard InChI is InChI=1S/C20H23F2N3O3/c1-2-23-7-11-8-24(10-16(11)22)18-6-17-13(5-15(18)21)19(26)14(20(27)28)9-25(17)12-3-4-12/h5-6,9,11-12,16,23H,2-4,7-8,10H2,1H3,(H,27,28)/t11-,16+/m1/s1. The highest BCUT2D eigenvalue weighted by atomic mass is 19.1. The number of pyridine rings is 1. The fourth-order valence-corrected chi connectivity index (χ4v) is 3.96. The van der Waals surface area contributed by atoms with Crippen LogP contribution in [-0.2, 0) is 0 Å². The number of aromatic nitrogens is 1. The van der Waals surface area contributed by atoms with E-state index < -0.39 is 23.4 Å². The Bertz CT molecular complexity index is 987.